The quantitative estimate of drug-likeness (QED) is 0.524. The number of anilines is 1. The van der Waals surface area contributed by atoms with Gasteiger partial charge >= 0.3 is 5.97 Å². The van der Waals surface area contributed by atoms with Gasteiger partial charge in [-0.1, -0.05) is 0 Å². The summed E-state index contributed by atoms with van der Waals surface area (Å²) in [6.45, 7) is 0.129. The molecular weight excluding hydrogens is 220 g/mol. The van der Waals surface area contributed by atoms with Crippen LogP contribution in [0.25, 0.3) is 0 Å². The highest BCUT2D eigenvalue weighted by atomic mass is 16.4. The van der Waals surface area contributed by atoms with Crippen molar-refractivity contribution in [3.05, 3.63) is 29.8 Å². The first kappa shape index (κ1) is 12.5. The fraction of sp³-hybridized carbons (Fsp3) is 0.182. The first-order chi connectivity index (χ1) is 8.11. The number of carboxylic acid groups (broad SMARTS) is 1. The third-order valence-electron chi connectivity index (χ3n) is 1.89. The number of aliphatic carboxylic acids is 1. The van der Waals surface area contributed by atoms with Crippen LogP contribution in [0.1, 0.15) is 12.0 Å². The minimum atomic E-state index is -0.917. The Balaban J connectivity index is 2.52. The van der Waals surface area contributed by atoms with E-state index in [1.54, 1.807) is 24.3 Å². The number of carbonyl (C=O) groups is 1. The number of guanidine groups is 1. The van der Waals surface area contributed by atoms with Crippen LogP contribution in [0.3, 0.4) is 0 Å². The molecule has 0 aliphatic heterocycles. The topological polar surface area (TPSA) is 112 Å². The minimum Gasteiger partial charge on any atom is -0.481 e. The van der Waals surface area contributed by atoms with Gasteiger partial charge in [0.25, 0.3) is 0 Å². The molecule has 0 aromatic heterocycles. The summed E-state index contributed by atoms with van der Waals surface area (Å²) in [5, 5.41) is 19.8. The Morgan fingerprint density at radius 1 is 1.47 bits per heavy atom. The Labute approximate surface area is 98.4 Å². The van der Waals surface area contributed by atoms with Crippen molar-refractivity contribution < 1.29 is 9.90 Å². The summed E-state index contributed by atoms with van der Waals surface area (Å²) in [5.41, 5.74) is 6.79. The Hall–Kier alpha value is -2.55. The van der Waals surface area contributed by atoms with Crippen LogP contribution < -0.4 is 11.1 Å². The summed E-state index contributed by atoms with van der Waals surface area (Å²) < 4.78 is 0. The minimum absolute atomic E-state index is 0.0598. The molecule has 4 N–H and O–H groups in total. The van der Waals surface area contributed by atoms with E-state index in [0.29, 0.717) is 11.3 Å². The van der Waals surface area contributed by atoms with Gasteiger partial charge in [0.15, 0.2) is 5.96 Å². The van der Waals surface area contributed by atoms with Crippen molar-refractivity contribution in [2.24, 2.45) is 10.7 Å². The lowest BCUT2D eigenvalue weighted by atomic mass is 10.2. The van der Waals surface area contributed by atoms with E-state index in [2.05, 4.69) is 10.3 Å². The molecule has 1 rings (SSSR count). The SMILES string of the molecule is N#Cc1ccc(NC(N)=NCCC(=O)O)cc1. The third-order valence-corrected chi connectivity index (χ3v) is 1.89. The lowest BCUT2D eigenvalue weighted by molar-refractivity contribution is -0.136. The van der Waals surface area contributed by atoms with Gasteiger partial charge in [-0.05, 0) is 24.3 Å². The number of hydrogen-bond donors (Lipinski definition) is 3. The molecule has 0 fully saturated rings. The van der Waals surface area contributed by atoms with Crippen molar-refractivity contribution in [3.63, 3.8) is 0 Å². The fourth-order valence-corrected chi connectivity index (χ4v) is 1.09. The molecule has 0 atom stereocenters. The largest absolute Gasteiger partial charge is 0.481 e. The van der Waals surface area contributed by atoms with E-state index in [4.69, 9.17) is 16.1 Å². The molecule has 0 unspecified atom stereocenters. The average Bonchev–Trinajstić information content (AvgIpc) is 2.29. The van der Waals surface area contributed by atoms with Crippen molar-refractivity contribution in [3.8, 4) is 6.07 Å². The molecule has 0 amide bonds. The van der Waals surface area contributed by atoms with Crippen LogP contribution in [0.4, 0.5) is 5.69 Å². The molecule has 88 valence electrons. The van der Waals surface area contributed by atoms with Gasteiger partial charge in [-0.15, -0.1) is 0 Å². The van der Waals surface area contributed by atoms with Crippen molar-refractivity contribution in [1.82, 2.24) is 0 Å². The summed E-state index contributed by atoms with van der Waals surface area (Å²) in [4.78, 5) is 14.1. The summed E-state index contributed by atoms with van der Waals surface area (Å²) in [5.74, 6) is -0.768. The maximum Gasteiger partial charge on any atom is 0.305 e. The molecule has 17 heavy (non-hydrogen) atoms. The lowest BCUT2D eigenvalue weighted by Crippen LogP contribution is -2.23. The Bertz CT molecular complexity index is 459. The standard InChI is InChI=1S/C11H12N4O2/c12-7-8-1-3-9(4-2-8)15-11(13)14-6-5-10(16)17/h1-4H,5-6H2,(H,16,17)(H3,13,14,15). The van der Waals surface area contributed by atoms with Crippen LogP contribution in [0.5, 0.6) is 0 Å². The predicted molar refractivity (Wildman–Crippen MR) is 63.5 cm³/mol. The predicted octanol–water partition coefficient (Wildman–Crippen LogP) is 0.760. The number of rotatable bonds is 4. The van der Waals surface area contributed by atoms with E-state index >= 15 is 0 Å². The van der Waals surface area contributed by atoms with E-state index in [1.165, 1.54) is 0 Å². The summed E-state index contributed by atoms with van der Waals surface area (Å²) in [6.07, 6.45) is -0.0598. The normalized spacial score (nSPS) is 10.6. The van der Waals surface area contributed by atoms with Crippen molar-refractivity contribution >= 4 is 17.6 Å². The second-order valence-corrected chi connectivity index (χ2v) is 3.22. The van der Waals surface area contributed by atoms with Gasteiger partial charge in [0.05, 0.1) is 24.6 Å². The van der Waals surface area contributed by atoms with E-state index in [1.807, 2.05) is 6.07 Å². The molecular formula is C11H12N4O2. The summed E-state index contributed by atoms with van der Waals surface area (Å²) in [6, 6.07) is 8.68. The molecule has 0 radical (unpaired) electrons. The van der Waals surface area contributed by atoms with Gasteiger partial charge in [-0.3, -0.25) is 9.79 Å². The Morgan fingerprint density at radius 3 is 2.65 bits per heavy atom. The maximum absolute atomic E-state index is 10.2. The number of nitrogens with zero attached hydrogens (tertiary/aromatic N) is 2. The van der Waals surface area contributed by atoms with Crippen LogP contribution in [0, 0.1) is 11.3 Å². The zero-order chi connectivity index (χ0) is 12.7. The summed E-state index contributed by atoms with van der Waals surface area (Å²) >= 11 is 0. The van der Waals surface area contributed by atoms with Gasteiger partial charge in [0, 0.05) is 5.69 Å². The third kappa shape index (κ3) is 4.66. The van der Waals surface area contributed by atoms with Gasteiger partial charge < -0.3 is 16.2 Å². The molecule has 0 heterocycles. The van der Waals surface area contributed by atoms with Crippen molar-refractivity contribution in [2.75, 3.05) is 11.9 Å². The number of nitrogens with one attached hydrogen (secondary N) is 1. The average molecular weight is 232 g/mol. The first-order valence-corrected chi connectivity index (χ1v) is 4.90. The number of nitriles is 1. The molecule has 0 aliphatic rings. The van der Waals surface area contributed by atoms with E-state index in [-0.39, 0.29) is 18.9 Å². The van der Waals surface area contributed by atoms with Gasteiger partial charge in [0.2, 0.25) is 0 Å². The Morgan fingerprint density at radius 2 is 2.12 bits per heavy atom. The second-order valence-electron chi connectivity index (χ2n) is 3.22. The molecule has 0 saturated carbocycles. The van der Waals surface area contributed by atoms with Gasteiger partial charge in [-0.2, -0.15) is 5.26 Å². The maximum atomic E-state index is 10.2. The Kier molecular flexibility index (Phi) is 4.51. The van der Waals surface area contributed by atoms with Gasteiger partial charge in [0.1, 0.15) is 0 Å². The molecule has 1 aromatic rings. The first-order valence-electron chi connectivity index (χ1n) is 4.90. The highest BCUT2D eigenvalue weighted by Crippen LogP contribution is 2.07. The van der Waals surface area contributed by atoms with Crippen molar-refractivity contribution in [2.45, 2.75) is 6.42 Å². The number of nitrogens with two attached hydrogens (primary N) is 1. The van der Waals surface area contributed by atoms with E-state index < -0.39 is 5.97 Å². The zero-order valence-corrected chi connectivity index (χ0v) is 9.05. The smallest absolute Gasteiger partial charge is 0.305 e. The number of carboxylic acids is 1. The van der Waals surface area contributed by atoms with Gasteiger partial charge in [-0.25, -0.2) is 0 Å². The lowest BCUT2D eigenvalue weighted by Gasteiger charge is -2.04. The van der Waals surface area contributed by atoms with Crippen molar-refractivity contribution in [1.29, 1.82) is 5.26 Å². The summed E-state index contributed by atoms with van der Waals surface area (Å²) in [7, 11) is 0. The number of benzene rings is 1. The van der Waals surface area contributed by atoms with Crippen LogP contribution in [-0.2, 0) is 4.79 Å². The molecule has 6 nitrogen and oxygen atoms in total. The molecule has 0 saturated heterocycles. The van der Waals surface area contributed by atoms with E-state index in [0.717, 1.165) is 0 Å². The molecule has 0 bridgehead atoms. The molecule has 1 aromatic carbocycles. The fourth-order valence-electron chi connectivity index (χ4n) is 1.09. The van der Waals surface area contributed by atoms with E-state index in [9.17, 15) is 4.79 Å². The molecule has 6 heteroatoms. The second kappa shape index (κ2) is 6.12. The van der Waals surface area contributed by atoms with Crippen LogP contribution in [0.15, 0.2) is 29.3 Å². The zero-order valence-electron chi connectivity index (χ0n) is 9.05. The monoisotopic (exact) mass is 232 g/mol. The molecule has 0 spiro atoms. The van der Waals surface area contributed by atoms with Crippen LogP contribution >= 0.6 is 0 Å². The van der Waals surface area contributed by atoms with Crippen LogP contribution in [-0.4, -0.2) is 23.6 Å². The molecule has 0 aliphatic carbocycles. The highest BCUT2D eigenvalue weighted by molar-refractivity contribution is 5.92. The number of aliphatic imine (C=N–C) groups is 1. The number of hydrogen-bond acceptors (Lipinski definition) is 3. The van der Waals surface area contributed by atoms with Crippen LogP contribution in [0.2, 0.25) is 0 Å². The highest BCUT2D eigenvalue weighted by Gasteiger charge is 1.97.